The molecule has 0 spiro atoms. The normalized spacial score (nSPS) is 17.3. The fourth-order valence-electron chi connectivity index (χ4n) is 3.53. The molecule has 4 rings (SSSR count). The number of thiophene rings is 1. The standard InChI is InChI=1S/C20H23N5O3S2/c1-15-4-9-19(29-15)30(27,28)25-10-2-3-18(25)20(26)22-11-16-5-7-17(8-6-16)12-24-14-21-13-23-24/h4-9,13-14,18H,2-3,10-12H2,1H3,(H,22,26). The molecule has 30 heavy (non-hydrogen) atoms. The number of benzene rings is 1. The SMILES string of the molecule is Cc1ccc(S(=O)(=O)N2CCCC2C(=O)NCc2ccc(Cn3cncn3)cc2)s1. The van der Waals surface area contributed by atoms with Gasteiger partial charge in [0.2, 0.25) is 5.91 Å². The minimum Gasteiger partial charge on any atom is -0.351 e. The first kappa shape index (κ1) is 20.7. The van der Waals surface area contributed by atoms with Gasteiger partial charge in [0.1, 0.15) is 22.9 Å². The topological polar surface area (TPSA) is 97.2 Å². The molecule has 1 aromatic carbocycles. The van der Waals surface area contributed by atoms with E-state index in [-0.39, 0.29) is 5.91 Å². The summed E-state index contributed by atoms with van der Waals surface area (Å²) in [4.78, 5) is 17.6. The third kappa shape index (κ3) is 4.45. The molecule has 0 radical (unpaired) electrons. The number of amides is 1. The molecule has 2 aromatic heterocycles. The largest absolute Gasteiger partial charge is 0.351 e. The van der Waals surface area contributed by atoms with Crippen molar-refractivity contribution >= 4 is 27.3 Å². The van der Waals surface area contributed by atoms with Crippen molar-refractivity contribution in [3.63, 3.8) is 0 Å². The summed E-state index contributed by atoms with van der Waals surface area (Å²) in [6, 6.07) is 10.6. The summed E-state index contributed by atoms with van der Waals surface area (Å²) in [6.45, 7) is 3.22. The van der Waals surface area contributed by atoms with Gasteiger partial charge in [0.05, 0.1) is 6.54 Å². The van der Waals surface area contributed by atoms with E-state index < -0.39 is 16.1 Å². The van der Waals surface area contributed by atoms with Crippen LogP contribution in [0.5, 0.6) is 0 Å². The zero-order valence-electron chi connectivity index (χ0n) is 16.6. The van der Waals surface area contributed by atoms with Crippen molar-refractivity contribution < 1.29 is 13.2 Å². The highest BCUT2D eigenvalue weighted by atomic mass is 32.2. The van der Waals surface area contributed by atoms with Gasteiger partial charge in [-0.3, -0.25) is 4.79 Å². The number of carbonyl (C=O) groups excluding carboxylic acids is 1. The minimum absolute atomic E-state index is 0.254. The van der Waals surface area contributed by atoms with Crippen LogP contribution in [0.2, 0.25) is 0 Å². The summed E-state index contributed by atoms with van der Waals surface area (Å²) in [5.41, 5.74) is 2.03. The molecule has 0 saturated carbocycles. The predicted molar refractivity (Wildman–Crippen MR) is 113 cm³/mol. The molecular formula is C20H23N5O3S2. The number of aromatic nitrogens is 3. The molecule has 1 unspecified atom stereocenters. The summed E-state index contributed by atoms with van der Waals surface area (Å²) < 4.78 is 29.3. The Morgan fingerprint density at radius 1 is 1.20 bits per heavy atom. The third-order valence-electron chi connectivity index (χ3n) is 5.09. The van der Waals surface area contributed by atoms with Crippen LogP contribution in [0.4, 0.5) is 0 Å². The van der Waals surface area contributed by atoms with Gasteiger partial charge in [-0.15, -0.1) is 11.3 Å². The molecule has 1 saturated heterocycles. The Morgan fingerprint density at radius 3 is 2.63 bits per heavy atom. The maximum absolute atomic E-state index is 12.9. The van der Waals surface area contributed by atoms with Crippen molar-refractivity contribution in [2.75, 3.05) is 6.54 Å². The highest BCUT2D eigenvalue weighted by molar-refractivity contribution is 7.91. The molecule has 1 fully saturated rings. The van der Waals surface area contributed by atoms with Gasteiger partial charge in [0, 0.05) is 18.0 Å². The molecule has 10 heteroatoms. The van der Waals surface area contributed by atoms with E-state index in [1.807, 2.05) is 31.2 Å². The van der Waals surface area contributed by atoms with Crippen LogP contribution in [0.3, 0.4) is 0 Å². The van der Waals surface area contributed by atoms with Gasteiger partial charge in [-0.25, -0.2) is 18.1 Å². The lowest BCUT2D eigenvalue weighted by atomic mass is 10.1. The Labute approximate surface area is 179 Å². The molecule has 3 heterocycles. The Balaban J connectivity index is 1.37. The van der Waals surface area contributed by atoms with Gasteiger partial charge in [-0.05, 0) is 43.0 Å². The number of sulfonamides is 1. The lowest BCUT2D eigenvalue weighted by Gasteiger charge is -2.22. The van der Waals surface area contributed by atoms with Crippen LogP contribution in [0.15, 0.2) is 53.3 Å². The van der Waals surface area contributed by atoms with Crippen molar-refractivity contribution in [3.05, 3.63) is 65.1 Å². The van der Waals surface area contributed by atoms with E-state index in [1.54, 1.807) is 23.1 Å². The Hall–Kier alpha value is -2.56. The lowest BCUT2D eigenvalue weighted by molar-refractivity contribution is -0.124. The zero-order valence-corrected chi connectivity index (χ0v) is 18.2. The van der Waals surface area contributed by atoms with Crippen LogP contribution in [-0.4, -0.2) is 46.0 Å². The molecule has 1 aliphatic rings. The fraction of sp³-hybridized carbons (Fsp3) is 0.350. The van der Waals surface area contributed by atoms with E-state index in [2.05, 4.69) is 15.4 Å². The van der Waals surface area contributed by atoms with E-state index >= 15 is 0 Å². The van der Waals surface area contributed by atoms with Gasteiger partial charge in [0.15, 0.2) is 0 Å². The van der Waals surface area contributed by atoms with E-state index in [9.17, 15) is 13.2 Å². The first-order valence-corrected chi connectivity index (χ1v) is 12.0. The zero-order chi connectivity index (χ0) is 21.1. The van der Waals surface area contributed by atoms with Crippen molar-refractivity contribution in [2.45, 2.75) is 43.1 Å². The average molecular weight is 446 g/mol. The molecule has 1 aliphatic heterocycles. The molecule has 0 aliphatic carbocycles. The predicted octanol–water partition coefficient (Wildman–Crippen LogP) is 2.17. The molecule has 1 N–H and O–H groups in total. The van der Waals surface area contributed by atoms with Crippen molar-refractivity contribution in [2.24, 2.45) is 0 Å². The number of hydrogen-bond donors (Lipinski definition) is 1. The van der Waals surface area contributed by atoms with Gasteiger partial charge < -0.3 is 5.32 Å². The second-order valence-electron chi connectivity index (χ2n) is 7.27. The van der Waals surface area contributed by atoms with E-state index in [0.717, 1.165) is 16.0 Å². The van der Waals surface area contributed by atoms with Crippen LogP contribution in [0, 0.1) is 6.92 Å². The second kappa shape index (κ2) is 8.66. The van der Waals surface area contributed by atoms with Crippen LogP contribution in [0.1, 0.15) is 28.8 Å². The quantitative estimate of drug-likeness (QED) is 0.601. The Kier molecular flexibility index (Phi) is 5.98. The van der Waals surface area contributed by atoms with Gasteiger partial charge >= 0.3 is 0 Å². The van der Waals surface area contributed by atoms with E-state index in [0.29, 0.717) is 36.7 Å². The summed E-state index contributed by atoms with van der Waals surface area (Å²) in [5.74, 6) is -0.254. The van der Waals surface area contributed by atoms with Crippen LogP contribution >= 0.6 is 11.3 Å². The highest BCUT2D eigenvalue weighted by Crippen LogP contribution is 2.30. The van der Waals surface area contributed by atoms with Crippen LogP contribution < -0.4 is 5.32 Å². The maximum Gasteiger partial charge on any atom is 0.253 e. The maximum atomic E-state index is 12.9. The number of nitrogens with zero attached hydrogens (tertiary/aromatic N) is 4. The highest BCUT2D eigenvalue weighted by Gasteiger charge is 2.39. The number of carbonyl (C=O) groups is 1. The molecular weight excluding hydrogens is 422 g/mol. The van der Waals surface area contributed by atoms with Gasteiger partial charge in [0.25, 0.3) is 10.0 Å². The average Bonchev–Trinajstić information content (AvgIpc) is 3.49. The molecule has 1 atom stereocenters. The Bertz CT molecular complexity index is 1110. The second-order valence-corrected chi connectivity index (χ2v) is 10.7. The number of nitrogens with one attached hydrogen (secondary N) is 1. The van der Waals surface area contributed by atoms with E-state index in [4.69, 9.17) is 0 Å². The number of hydrogen-bond acceptors (Lipinski definition) is 6. The monoisotopic (exact) mass is 445 g/mol. The first-order chi connectivity index (χ1) is 14.4. The lowest BCUT2D eigenvalue weighted by Crippen LogP contribution is -2.45. The van der Waals surface area contributed by atoms with Crippen LogP contribution in [0.25, 0.3) is 0 Å². The van der Waals surface area contributed by atoms with E-state index in [1.165, 1.54) is 22.0 Å². The minimum atomic E-state index is -3.65. The van der Waals surface area contributed by atoms with Crippen molar-refractivity contribution in [1.82, 2.24) is 24.4 Å². The first-order valence-electron chi connectivity index (χ1n) is 9.70. The smallest absolute Gasteiger partial charge is 0.253 e. The molecule has 8 nitrogen and oxygen atoms in total. The van der Waals surface area contributed by atoms with Crippen molar-refractivity contribution in [3.8, 4) is 0 Å². The Morgan fingerprint density at radius 2 is 1.97 bits per heavy atom. The molecule has 0 bridgehead atoms. The summed E-state index contributed by atoms with van der Waals surface area (Å²) in [6.07, 6.45) is 4.37. The molecule has 158 valence electrons. The summed E-state index contributed by atoms with van der Waals surface area (Å²) >= 11 is 1.24. The summed E-state index contributed by atoms with van der Waals surface area (Å²) in [7, 11) is -3.65. The van der Waals surface area contributed by atoms with Crippen molar-refractivity contribution in [1.29, 1.82) is 0 Å². The molecule has 3 aromatic rings. The van der Waals surface area contributed by atoms with Gasteiger partial charge in [-0.1, -0.05) is 24.3 Å². The van der Waals surface area contributed by atoms with Crippen LogP contribution in [-0.2, 0) is 27.9 Å². The number of aryl methyl sites for hydroxylation is 1. The fourth-order valence-corrected chi connectivity index (χ4v) is 6.60. The molecule has 1 amide bonds. The number of rotatable bonds is 7. The third-order valence-corrected chi connectivity index (χ3v) is 8.46. The summed E-state index contributed by atoms with van der Waals surface area (Å²) in [5, 5.41) is 6.98. The van der Waals surface area contributed by atoms with Gasteiger partial charge in [-0.2, -0.15) is 9.40 Å².